The van der Waals surface area contributed by atoms with Gasteiger partial charge in [0.25, 0.3) is 0 Å². The number of anilines is 1. The molecule has 0 atom stereocenters. The molecule has 0 unspecified atom stereocenters. The summed E-state index contributed by atoms with van der Waals surface area (Å²) in [6.07, 6.45) is 6.58. The van der Waals surface area contributed by atoms with Crippen LogP contribution in [-0.4, -0.2) is 23.1 Å². The van der Waals surface area contributed by atoms with Crippen LogP contribution in [0.1, 0.15) is 43.2 Å². The molecule has 1 aliphatic rings. The van der Waals surface area contributed by atoms with Gasteiger partial charge in [-0.15, -0.1) is 0 Å². The molecule has 1 fully saturated rings. The molecule has 0 aliphatic heterocycles. The molecule has 0 aromatic heterocycles. The summed E-state index contributed by atoms with van der Waals surface area (Å²) in [5, 5.41) is 4.28. The predicted molar refractivity (Wildman–Crippen MR) is 86.8 cm³/mol. The molecule has 1 N–H and O–H groups in total. The van der Waals surface area contributed by atoms with Gasteiger partial charge in [-0.1, -0.05) is 37.5 Å². The zero-order valence-corrected chi connectivity index (χ0v) is 13.0. The van der Waals surface area contributed by atoms with Crippen molar-refractivity contribution in [3.63, 3.8) is 0 Å². The summed E-state index contributed by atoms with van der Waals surface area (Å²) in [6, 6.07) is 6.94. The average molecular weight is 276 g/mol. The van der Waals surface area contributed by atoms with Gasteiger partial charge in [0.15, 0.2) is 5.11 Å². The van der Waals surface area contributed by atoms with Crippen LogP contribution in [0.5, 0.6) is 0 Å². The zero-order valence-electron chi connectivity index (χ0n) is 12.2. The van der Waals surface area contributed by atoms with Crippen LogP contribution in [0, 0.1) is 13.8 Å². The summed E-state index contributed by atoms with van der Waals surface area (Å²) in [7, 11) is 2.12. The molecule has 19 heavy (non-hydrogen) atoms. The van der Waals surface area contributed by atoms with Crippen molar-refractivity contribution in [3.05, 3.63) is 29.3 Å². The molecule has 0 bridgehead atoms. The fraction of sp³-hybridized carbons (Fsp3) is 0.562. The maximum Gasteiger partial charge on any atom is 0.173 e. The zero-order chi connectivity index (χ0) is 13.8. The second-order valence-electron chi connectivity index (χ2n) is 5.60. The molecule has 0 radical (unpaired) electrons. The lowest BCUT2D eigenvalue weighted by Gasteiger charge is -2.33. The van der Waals surface area contributed by atoms with Gasteiger partial charge in [0, 0.05) is 18.8 Å². The van der Waals surface area contributed by atoms with E-state index < -0.39 is 0 Å². The van der Waals surface area contributed by atoms with Crippen molar-refractivity contribution in [2.75, 3.05) is 12.4 Å². The number of benzene rings is 1. The lowest BCUT2D eigenvalue weighted by Crippen LogP contribution is -2.40. The van der Waals surface area contributed by atoms with E-state index in [2.05, 4.69) is 49.3 Å². The number of hydrogen-bond acceptors (Lipinski definition) is 1. The standard InChI is InChI=1S/C16H24N2S/c1-12-8-7-9-13(2)15(12)17-16(19)18(3)14-10-5-4-6-11-14/h7-9,14H,4-6,10-11H2,1-3H3,(H,17,19). The molecule has 0 amide bonds. The van der Waals surface area contributed by atoms with Gasteiger partial charge in [-0.2, -0.15) is 0 Å². The van der Waals surface area contributed by atoms with Crippen LogP contribution in [-0.2, 0) is 0 Å². The van der Waals surface area contributed by atoms with Gasteiger partial charge < -0.3 is 10.2 Å². The van der Waals surface area contributed by atoms with E-state index in [-0.39, 0.29) is 0 Å². The van der Waals surface area contributed by atoms with Crippen LogP contribution in [0.3, 0.4) is 0 Å². The third kappa shape index (κ3) is 3.47. The van der Waals surface area contributed by atoms with Crippen LogP contribution in [0.15, 0.2) is 18.2 Å². The smallest absolute Gasteiger partial charge is 0.173 e. The van der Waals surface area contributed by atoms with Gasteiger partial charge in [0.05, 0.1) is 0 Å². The first kappa shape index (κ1) is 14.3. The third-order valence-corrected chi connectivity index (χ3v) is 4.55. The summed E-state index contributed by atoms with van der Waals surface area (Å²) < 4.78 is 0. The monoisotopic (exact) mass is 276 g/mol. The van der Waals surface area contributed by atoms with Gasteiger partial charge in [-0.3, -0.25) is 0 Å². The lowest BCUT2D eigenvalue weighted by molar-refractivity contribution is 0.281. The molecule has 1 saturated carbocycles. The van der Waals surface area contributed by atoms with E-state index in [1.54, 1.807) is 0 Å². The number of hydrogen-bond donors (Lipinski definition) is 1. The minimum Gasteiger partial charge on any atom is -0.349 e. The highest BCUT2D eigenvalue weighted by molar-refractivity contribution is 7.80. The maximum absolute atomic E-state index is 5.57. The van der Waals surface area contributed by atoms with E-state index in [0.717, 1.165) is 10.8 Å². The highest BCUT2D eigenvalue weighted by Gasteiger charge is 2.20. The third-order valence-electron chi connectivity index (χ3n) is 4.16. The average Bonchev–Trinajstić information content (AvgIpc) is 2.43. The minimum absolute atomic E-state index is 0.609. The van der Waals surface area contributed by atoms with E-state index in [9.17, 15) is 0 Å². The number of thiocarbonyl (C=S) groups is 1. The van der Waals surface area contributed by atoms with E-state index in [4.69, 9.17) is 12.2 Å². The molecule has 0 spiro atoms. The van der Waals surface area contributed by atoms with Crippen molar-refractivity contribution in [1.82, 2.24) is 4.90 Å². The Morgan fingerprint density at radius 1 is 1.16 bits per heavy atom. The molecule has 0 saturated heterocycles. The molecule has 1 aromatic rings. The SMILES string of the molecule is Cc1cccc(C)c1NC(=S)N(C)C1CCCCC1. The van der Waals surface area contributed by atoms with Crippen LogP contribution in [0.25, 0.3) is 0 Å². The van der Waals surface area contributed by atoms with Crippen molar-refractivity contribution < 1.29 is 0 Å². The second-order valence-corrected chi connectivity index (χ2v) is 5.99. The Balaban J connectivity index is 2.04. The Morgan fingerprint density at radius 2 is 1.74 bits per heavy atom. The topological polar surface area (TPSA) is 15.3 Å². The van der Waals surface area contributed by atoms with E-state index >= 15 is 0 Å². The van der Waals surface area contributed by atoms with Crippen LogP contribution in [0.4, 0.5) is 5.69 Å². The van der Waals surface area contributed by atoms with Gasteiger partial charge >= 0.3 is 0 Å². The molecule has 104 valence electrons. The lowest BCUT2D eigenvalue weighted by atomic mass is 9.95. The first-order valence-electron chi connectivity index (χ1n) is 7.19. The first-order valence-corrected chi connectivity index (χ1v) is 7.60. The second kappa shape index (κ2) is 6.38. The number of nitrogens with one attached hydrogen (secondary N) is 1. The Labute approximate surface area is 122 Å². The normalized spacial score (nSPS) is 16.2. The highest BCUT2D eigenvalue weighted by Crippen LogP contribution is 2.24. The van der Waals surface area contributed by atoms with Crippen molar-refractivity contribution in [2.45, 2.75) is 52.0 Å². The summed E-state index contributed by atoms with van der Waals surface area (Å²) in [4.78, 5) is 2.25. The molecular weight excluding hydrogens is 252 g/mol. The van der Waals surface area contributed by atoms with Gasteiger partial charge in [0.1, 0.15) is 0 Å². The number of nitrogens with zero attached hydrogens (tertiary/aromatic N) is 1. The molecule has 3 heteroatoms. The van der Waals surface area contributed by atoms with Gasteiger partial charge in [0.2, 0.25) is 0 Å². The van der Waals surface area contributed by atoms with E-state index in [1.165, 1.54) is 43.2 Å². The summed E-state index contributed by atoms with van der Waals surface area (Å²) in [6.45, 7) is 4.25. The molecule has 2 nitrogen and oxygen atoms in total. The largest absolute Gasteiger partial charge is 0.349 e. The van der Waals surface area contributed by atoms with Gasteiger partial charge in [-0.05, 0) is 50.0 Å². The van der Waals surface area contributed by atoms with Crippen LogP contribution < -0.4 is 5.32 Å². The van der Waals surface area contributed by atoms with Crippen molar-refractivity contribution in [2.24, 2.45) is 0 Å². The maximum atomic E-state index is 5.57. The Morgan fingerprint density at radius 3 is 2.32 bits per heavy atom. The molecular formula is C16H24N2S. The van der Waals surface area contributed by atoms with E-state index in [0.29, 0.717) is 6.04 Å². The Kier molecular flexibility index (Phi) is 4.81. The fourth-order valence-corrected chi connectivity index (χ4v) is 3.09. The summed E-state index contributed by atoms with van der Waals surface area (Å²) in [5.41, 5.74) is 3.66. The number of rotatable bonds is 2. The molecule has 1 aromatic carbocycles. The van der Waals surface area contributed by atoms with E-state index in [1.807, 2.05) is 0 Å². The predicted octanol–water partition coefficient (Wildman–Crippen LogP) is 4.26. The highest BCUT2D eigenvalue weighted by atomic mass is 32.1. The Bertz CT molecular complexity index is 430. The summed E-state index contributed by atoms with van der Waals surface area (Å²) in [5.74, 6) is 0. The summed E-state index contributed by atoms with van der Waals surface area (Å²) >= 11 is 5.57. The van der Waals surface area contributed by atoms with Crippen molar-refractivity contribution in [1.29, 1.82) is 0 Å². The number of aryl methyl sites for hydroxylation is 2. The van der Waals surface area contributed by atoms with Crippen LogP contribution >= 0.6 is 12.2 Å². The Hall–Kier alpha value is -1.09. The van der Waals surface area contributed by atoms with Crippen molar-refractivity contribution >= 4 is 23.0 Å². The molecule has 2 rings (SSSR count). The van der Waals surface area contributed by atoms with Crippen molar-refractivity contribution in [3.8, 4) is 0 Å². The first-order chi connectivity index (χ1) is 9.09. The fourth-order valence-electron chi connectivity index (χ4n) is 2.84. The molecule has 1 aliphatic carbocycles. The minimum atomic E-state index is 0.609. The molecule has 0 heterocycles. The number of para-hydroxylation sites is 1. The van der Waals surface area contributed by atoms with Gasteiger partial charge in [-0.25, -0.2) is 0 Å². The quantitative estimate of drug-likeness (QED) is 0.812. The van der Waals surface area contributed by atoms with Crippen LogP contribution in [0.2, 0.25) is 0 Å².